The largest absolute Gasteiger partial charge is 0.493 e. The van der Waals surface area contributed by atoms with E-state index < -0.39 is 0 Å². The first-order chi connectivity index (χ1) is 16.6. The van der Waals surface area contributed by atoms with Crippen LogP contribution in [0.3, 0.4) is 0 Å². The molecule has 1 saturated heterocycles. The molecule has 6 heteroatoms. The number of nitrogens with zero attached hydrogens (tertiary/aromatic N) is 2. The zero-order valence-electron chi connectivity index (χ0n) is 20.0. The highest BCUT2D eigenvalue weighted by Crippen LogP contribution is 2.38. The van der Waals surface area contributed by atoms with E-state index in [1.165, 1.54) is 0 Å². The molecule has 5 rings (SSSR count). The summed E-state index contributed by atoms with van der Waals surface area (Å²) in [6.45, 7) is 4.58. The van der Waals surface area contributed by atoms with Crippen LogP contribution in [0.5, 0.6) is 11.5 Å². The van der Waals surface area contributed by atoms with Crippen molar-refractivity contribution in [1.82, 2.24) is 9.88 Å². The van der Waals surface area contributed by atoms with E-state index in [2.05, 4.69) is 23.3 Å². The van der Waals surface area contributed by atoms with Crippen molar-refractivity contribution < 1.29 is 13.9 Å². The van der Waals surface area contributed by atoms with Gasteiger partial charge in [0.1, 0.15) is 18.1 Å². The summed E-state index contributed by atoms with van der Waals surface area (Å²) < 4.78 is 17.8. The third kappa shape index (κ3) is 4.87. The molecule has 0 bridgehead atoms. The molecule has 1 fully saturated rings. The number of anilines is 1. The third-order valence-electron chi connectivity index (χ3n) is 6.40. The smallest absolute Gasteiger partial charge is 0.163 e. The Kier molecular flexibility index (Phi) is 6.41. The highest BCUT2D eigenvalue weighted by Gasteiger charge is 2.20. The fourth-order valence-corrected chi connectivity index (χ4v) is 4.43. The molecule has 0 saturated carbocycles. The second-order valence-corrected chi connectivity index (χ2v) is 8.98. The van der Waals surface area contributed by atoms with E-state index in [1.54, 1.807) is 7.11 Å². The van der Waals surface area contributed by atoms with Crippen molar-refractivity contribution in [3.05, 3.63) is 72.0 Å². The fourth-order valence-electron chi connectivity index (χ4n) is 4.43. The van der Waals surface area contributed by atoms with Gasteiger partial charge in [0.25, 0.3) is 0 Å². The number of rotatable bonds is 7. The van der Waals surface area contributed by atoms with E-state index in [-0.39, 0.29) is 0 Å². The summed E-state index contributed by atoms with van der Waals surface area (Å²) in [5.74, 6) is 2.99. The van der Waals surface area contributed by atoms with Crippen LogP contribution in [-0.4, -0.2) is 43.2 Å². The lowest BCUT2D eigenvalue weighted by molar-refractivity contribution is 0.264. The number of piperidine rings is 1. The molecule has 0 aliphatic carbocycles. The summed E-state index contributed by atoms with van der Waals surface area (Å²) in [7, 11) is 3.85. The molecule has 176 valence electrons. The first kappa shape index (κ1) is 22.3. The molecule has 0 radical (unpaired) electrons. The van der Waals surface area contributed by atoms with Crippen LogP contribution < -0.4 is 14.8 Å². The molecule has 0 unspecified atom stereocenters. The van der Waals surface area contributed by atoms with Crippen LogP contribution >= 0.6 is 0 Å². The fraction of sp³-hybridized carbons (Fsp3) is 0.321. The number of furan rings is 1. The van der Waals surface area contributed by atoms with Gasteiger partial charge in [0, 0.05) is 23.2 Å². The molecule has 0 atom stereocenters. The lowest BCUT2D eigenvalue weighted by atomic mass is 10.0. The predicted octanol–water partition coefficient (Wildman–Crippen LogP) is 5.90. The number of hydrogen-bond acceptors (Lipinski definition) is 6. The molecule has 2 aromatic carbocycles. The Balaban J connectivity index is 1.54. The molecule has 3 heterocycles. The monoisotopic (exact) mass is 457 g/mol. The third-order valence-corrected chi connectivity index (χ3v) is 6.40. The lowest BCUT2D eigenvalue weighted by Crippen LogP contribution is -2.36. The zero-order chi connectivity index (χ0) is 23.5. The van der Waals surface area contributed by atoms with Gasteiger partial charge in [0.15, 0.2) is 17.3 Å². The van der Waals surface area contributed by atoms with Gasteiger partial charge < -0.3 is 24.1 Å². The number of fused-ring (bicyclic) bond motifs is 1. The quantitative estimate of drug-likeness (QED) is 0.373. The summed E-state index contributed by atoms with van der Waals surface area (Å²) in [6.07, 6.45) is 2.20. The SMILES string of the molecule is COc1cc2c(NC3CCN(C)CC3)cc(-c3ccc(C)o3)nc2cc1OCc1ccccc1. The van der Waals surface area contributed by atoms with Crippen LogP contribution in [0, 0.1) is 6.92 Å². The number of ether oxygens (including phenoxy) is 2. The van der Waals surface area contributed by atoms with Gasteiger partial charge >= 0.3 is 0 Å². The van der Waals surface area contributed by atoms with E-state index in [0.29, 0.717) is 24.1 Å². The lowest BCUT2D eigenvalue weighted by Gasteiger charge is -2.30. The number of pyridine rings is 1. The number of aryl methyl sites for hydroxylation is 1. The van der Waals surface area contributed by atoms with E-state index in [0.717, 1.165) is 65.3 Å². The van der Waals surface area contributed by atoms with Crippen molar-refractivity contribution in [3.8, 4) is 23.0 Å². The molecule has 0 amide bonds. The number of benzene rings is 2. The van der Waals surface area contributed by atoms with Crippen LogP contribution in [0.2, 0.25) is 0 Å². The molecule has 1 N–H and O–H groups in total. The Labute approximate surface area is 200 Å². The Morgan fingerprint density at radius 2 is 1.82 bits per heavy atom. The van der Waals surface area contributed by atoms with Crippen molar-refractivity contribution in [2.45, 2.75) is 32.4 Å². The van der Waals surface area contributed by atoms with Crippen molar-refractivity contribution in [1.29, 1.82) is 0 Å². The van der Waals surface area contributed by atoms with Crippen LogP contribution in [0.1, 0.15) is 24.2 Å². The highest BCUT2D eigenvalue weighted by molar-refractivity contribution is 5.95. The molecule has 6 nitrogen and oxygen atoms in total. The molecule has 1 aliphatic heterocycles. The van der Waals surface area contributed by atoms with Gasteiger partial charge in [0.05, 0.1) is 12.6 Å². The maximum Gasteiger partial charge on any atom is 0.163 e. The summed E-state index contributed by atoms with van der Waals surface area (Å²) in [5, 5.41) is 4.79. The van der Waals surface area contributed by atoms with Gasteiger partial charge in [-0.1, -0.05) is 30.3 Å². The minimum atomic E-state index is 0.410. The first-order valence-corrected chi connectivity index (χ1v) is 11.8. The van der Waals surface area contributed by atoms with Crippen molar-refractivity contribution >= 4 is 16.6 Å². The number of aromatic nitrogens is 1. The van der Waals surface area contributed by atoms with Crippen LogP contribution in [0.4, 0.5) is 5.69 Å². The zero-order valence-corrected chi connectivity index (χ0v) is 20.0. The Bertz CT molecular complexity index is 1260. The number of nitrogens with one attached hydrogen (secondary N) is 1. The van der Waals surface area contributed by atoms with E-state index in [9.17, 15) is 0 Å². The minimum Gasteiger partial charge on any atom is -0.493 e. The summed E-state index contributed by atoms with van der Waals surface area (Å²) in [4.78, 5) is 7.31. The Morgan fingerprint density at radius 1 is 1.03 bits per heavy atom. The number of likely N-dealkylation sites (tertiary alicyclic amines) is 1. The van der Waals surface area contributed by atoms with Gasteiger partial charge in [-0.25, -0.2) is 4.98 Å². The summed E-state index contributed by atoms with van der Waals surface area (Å²) >= 11 is 0. The standard InChI is InChI=1S/C28H31N3O3/c1-19-9-10-26(34-19)25-16-23(29-21-11-13-31(2)14-12-21)22-15-27(32-3)28(17-24(22)30-25)33-18-20-7-5-4-6-8-20/h4-10,15-17,21H,11-14,18H2,1-3H3,(H,29,30). The van der Waals surface area contributed by atoms with E-state index in [4.69, 9.17) is 18.9 Å². The molecule has 1 aliphatic rings. The second kappa shape index (κ2) is 9.77. The van der Waals surface area contributed by atoms with Crippen LogP contribution in [0.15, 0.2) is 65.1 Å². The molecular formula is C28H31N3O3. The van der Waals surface area contributed by atoms with Gasteiger partial charge in [-0.15, -0.1) is 0 Å². The maximum absolute atomic E-state index is 6.16. The van der Waals surface area contributed by atoms with Crippen molar-refractivity contribution in [2.75, 3.05) is 32.6 Å². The topological polar surface area (TPSA) is 59.8 Å². The molecule has 2 aromatic heterocycles. The highest BCUT2D eigenvalue weighted by atomic mass is 16.5. The molecule has 0 spiro atoms. The average molecular weight is 458 g/mol. The van der Waals surface area contributed by atoms with E-state index in [1.807, 2.05) is 61.5 Å². The normalized spacial score (nSPS) is 14.9. The van der Waals surface area contributed by atoms with Crippen molar-refractivity contribution in [3.63, 3.8) is 0 Å². The molecule has 4 aromatic rings. The minimum absolute atomic E-state index is 0.410. The molecular weight excluding hydrogens is 426 g/mol. The van der Waals surface area contributed by atoms with Gasteiger partial charge in [-0.05, 0) is 69.7 Å². The Hall–Kier alpha value is -3.51. The average Bonchev–Trinajstić information content (AvgIpc) is 3.30. The van der Waals surface area contributed by atoms with Crippen molar-refractivity contribution in [2.24, 2.45) is 0 Å². The van der Waals surface area contributed by atoms with Crippen LogP contribution in [-0.2, 0) is 6.61 Å². The van der Waals surface area contributed by atoms with Gasteiger partial charge in [-0.3, -0.25) is 0 Å². The number of methoxy groups -OCH3 is 1. The predicted molar refractivity (Wildman–Crippen MR) is 136 cm³/mol. The first-order valence-electron chi connectivity index (χ1n) is 11.8. The molecule has 34 heavy (non-hydrogen) atoms. The maximum atomic E-state index is 6.16. The van der Waals surface area contributed by atoms with Gasteiger partial charge in [0.2, 0.25) is 0 Å². The van der Waals surface area contributed by atoms with Crippen LogP contribution in [0.25, 0.3) is 22.4 Å². The summed E-state index contributed by atoms with van der Waals surface area (Å²) in [6, 6.07) is 20.5. The Morgan fingerprint density at radius 3 is 2.53 bits per heavy atom. The summed E-state index contributed by atoms with van der Waals surface area (Å²) in [5.41, 5.74) is 3.78. The van der Waals surface area contributed by atoms with E-state index >= 15 is 0 Å². The van der Waals surface area contributed by atoms with Gasteiger partial charge in [-0.2, -0.15) is 0 Å². The number of hydrogen-bond donors (Lipinski definition) is 1. The second-order valence-electron chi connectivity index (χ2n) is 8.98.